The number of halogens is 3. The lowest BCUT2D eigenvalue weighted by molar-refractivity contribution is -0.138. The van der Waals surface area contributed by atoms with Crippen LogP contribution in [0.5, 0.6) is 5.75 Å². The van der Waals surface area contributed by atoms with Gasteiger partial charge < -0.3 is 10.1 Å². The van der Waals surface area contributed by atoms with E-state index in [1.165, 1.54) is 24.3 Å². The van der Waals surface area contributed by atoms with E-state index in [4.69, 9.17) is 9.29 Å². The second-order valence-electron chi connectivity index (χ2n) is 7.66. The van der Waals surface area contributed by atoms with Gasteiger partial charge in [-0.25, -0.2) is 4.99 Å². The number of carbonyl (C=O) groups excluding carboxylic acids is 1. The number of alkyl halides is 3. The van der Waals surface area contributed by atoms with Gasteiger partial charge in [-0.3, -0.25) is 9.35 Å². The van der Waals surface area contributed by atoms with Crippen molar-refractivity contribution in [1.29, 1.82) is 0 Å². The Hall–Kier alpha value is -3.70. The van der Waals surface area contributed by atoms with Crippen LogP contribution in [0.4, 0.5) is 24.5 Å². The highest BCUT2D eigenvalue weighted by atomic mass is 32.2. The third kappa shape index (κ3) is 5.36. The zero-order chi connectivity index (χ0) is 25.4. The second kappa shape index (κ2) is 9.16. The molecule has 1 heterocycles. The number of anilines is 1. The van der Waals surface area contributed by atoms with Gasteiger partial charge in [0.15, 0.2) is 0 Å². The Balaban J connectivity index is 1.77. The lowest BCUT2D eigenvalue weighted by Gasteiger charge is -2.16. The molecule has 11 heteroatoms. The quantitative estimate of drug-likeness (QED) is 0.448. The molecule has 0 aliphatic carbocycles. The molecule has 0 atom stereocenters. The lowest BCUT2D eigenvalue weighted by atomic mass is 9.99. The van der Waals surface area contributed by atoms with Crippen LogP contribution in [-0.2, 0) is 21.1 Å². The minimum Gasteiger partial charge on any atom is -0.493 e. The molecule has 1 amide bonds. The van der Waals surface area contributed by atoms with Gasteiger partial charge in [-0.15, -0.1) is 0 Å². The fourth-order valence-electron chi connectivity index (χ4n) is 3.65. The van der Waals surface area contributed by atoms with Gasteiger partial charge in [0.1, 0.15) is 5.75 Å². The Labute approximate surface area is 199 Å². The van der Waals surface area contributed by atoms with Crippen molar-refractivity contribution < 1.29 is 35.7 Å². The van der Waals surface area contributed by atoms with E-state index in [-0.39, 0.29) is 35.0 Å². The van der Waals surface area contributed by atoms with Gasteiger partial charge in [0.2, 0.25) is 5.91 Å². The van der Waals surface area contributed by atoms with Crippen molar-refractivity contribution in [3.05, 3.63) is 71.8 Å². The number of aliphatic imine (C=N–C) groups is 1. The summed E-state index contributed by atoms with van der Waals surface area (Å²) in [5, 5.41) is 2.48. The minimum atomic E-state index is -4.68. The molecule has 3 aromatic carbocycles. The summed E-state index contributed by atoms with van der Waals surface area (Å²) < 4.78 is 77.4. The average molecular weight is 504 g/mol. The van der Waals surface area contributed by atoms with Gasteiger partial charge in [-0.1, -0.05) is 30.3 Å². The maximum Gasteiger partial charge on any atom is 0.420 e. The molecule has 1 aliphatic heterocycles. The van der Waals surface area contributed by atoms with Gasteiger partial charge >= 0.3 is 6.18 Å². The molecule has 2 N–H and O–H groups in total. The number of hydrogen-bond acceptors (Lipinski definition) is 5. The summed E-state index contributed by atoms with van der Waals surface area (Å²) in [6.07, 6.45) is -4.85. The zero-order valence-electron chi connectivity index (χ0n) is 18.3. The van der Waals surface area contributed by atoms with Crippen molar-refractivity contribution in [3.63, 3.8) is 0 Å². The summed E-state index contributed by atoms with van der Waals surface area (Å²) in [5.41, 5.74) is 1.27. The Morgan fingerprint density at radius 1 is 1.03 bits per heavy atom. The number of hydrogen-bond donors (Lipinski definition) is 2. The van der Waals surface area contributed by atoms with Crippen molar-refractivity contribution in [2.45, 2.75) is 24.4 Å². The van der Waals surface area contributed by atoms with Crippen LogP contribution < -0.4 is 10.1 Å². The molecule has 182 valence electrons. The lowest BCUT2D eigenvalue weighted by Crippen LogP contribution is -2.15. The Morgan fingerprint density at radius 3 is 2.34 bits per heavy atom. The molecule has 3 aromatic rings. The monoisotopic (exact) mass is 504 g/mol. The van der Waals surface area contributed by atoms with Gasteiger partial charge in [0, 0.05) is 6.07 Å². The molecule has 0 spiro atoms. The maximum absolute atomic E-state index is 13.5. The van der Waals surface area contributed by atoms with Crippen LogP contribution in [0, 0.1) is 0 Å². The number of benzene rings is 3. The van der Waals surface area contributed by atoms with Gasteiger partial charge in [0.25, 0.3) is 10.1 Å². The molecule has 4 rings (SSSR count). The summed E-state index contributed by atoms with van der Waals surface area (Å²) in [4.78, 5) is 16.7. The van der Waals surface area contributed by atoms with E-state index in [1.807, 2.05) is 0 Å². The first kappa shape index (κ1) is 24.4. The first-order valence-electron chi connectivity index (χ1n) is 10.4. The van der Waals surface area contributed by atoms with E-state index in [0.29, 0.717) is 22.4 Å². The fraction of sp³-hybridized carbons (Fsp3) is 0.167. The predicted molar refractivity (Wildman–Crippen MR) is 124 cm³/mol. The second-order valence-corrected chi connectivity index (χ2v) is 9.08. The molecule has 0 bridgehead atoms. The molecule has 35 heavy (non-hydrogen) atoms. The van der Waals surface area contributed by atoms with Crippen LogP contribution in [0.3, 0.4) is 0 Å². The topological polar surface area (TPSA) is 105 Å². The summed E-state index contributed by atoms with van der Waals surface area (Å²) >= 11 is 0. The molecular weight excluding hydrogens is 485 g/mol. The minimum absolute atomic E-state index is 0.0171. The fourth-order valence-corrected chi connectivity index (χ4v) is 4.13. The normalized spacial score (nSPS) is 14.0. The number of nitrogens with one attached hydrogen (secondary N) is 1. The van der Waals surface area contributed by atoms with Crippen LogP contribution in [-0.4, -0.2) is 31.2 Å². The molecule has 0 saturated heterocycles. The van der Waals surface area contributed by atoms with Gasteiger partial charge in [0.05, 0.1) is 40.6 Å². The summed E-state index contributed by atoms with van der Waals surface area (Å²) in [6, 6.07) is 14.5. The number of carbonyl (C=O) groups is 1. The van der Waals surface area contributed by atoms with E-state index >= 15 is 0 Å². The molecule has 0 fully saturated rings. The third-order valence-electron chi connectivity index (χ3n) is 5.24. The Bertz CT molecular complexity index is 1430. The van der Waals surface area contributed by atoms with Crippen molar-refractivity contribution in [1.82, 2.24) is 0 Å². The van der Waals surface area contributed by atoms with Crippen LogP contribution >= 0.6 is 0 Å². The Kier molecular flexibility index (Phi) is 6.39. The first-order valence-corrected chi connectivity index (χ1v) is 11.8. The molecule has 7 nitrogen and oxygen atoms in total. The van der Waals surface area contributed by atoms with E-state index in [0.717, 1.165) is 12.1 Å². The number of rotatable bonds is 5. The van der Waals surface area contributed by atoms with Gasteiger partial charge in [-0.05, 0) is 47.9 Å². The van der Waals surface area contributed by atoms with Crippen LogP contribution in [0.25, 0.3) is 11.1 Å². The standard InChI is InChI=1S/C24H19F3N2O5S/c1-2-34-22-12-21-20(11-18(22)24(25,26)27)29-23(30)13-19(28-21)16-5-3-4-15(10-16)14-6-8-17(9-7-14)35(31,32)33/h3-12H,2,13H2,1H3,(H,29,30)(H,31,32,33). The van der Waals surface area contributed by atoms with Crippen molar-refractivity contribution in [2.24, 2.45) is 4.99 Å². The molecule has 0 saturated carbocycles. The zero-order valence-corrected chi connectivity index (χ0v) is 19.1. The summed E-state index contributed by atoms with van der Waals surface area (Å²) in [6.45, 7) is 1.58. The number of ether oxygens (including phenoxy) is 1. The van der Waals surface area contributed by atoms with Crippen molar-refractivity contribution in [2.75, 3.05) is 11.9 Å². The summed E-state index contributed by atoms with van der Waals surface area (Å²) in [5.74, 6) is -0.909. The third-order valence-corrected chi connectivity index (χ3v) is 6.11. The molecule has 0 unspecified atom stereocenters. The molecule has 0 radical (unpaired) electrons. The SMILES string of the molecule is CCOc1cc2c(cc1C(F)(F)F)NC(=O)CC(c1cccc(-c3ccc(S(=O)(=O)O)cc3)c1)=N2. The number of fused-ring (bicyclic) bond motifs is 1. The Morgan fingerprint density at radius 2 is 1.71 bits per heavy atom. The maximum atomic E-state index is 13.5. The number of amides is 1. The van der Waals surface area contributed by atoms with Gasteiger partial charge in [-0.2, -0.15) is 21.6 Å². The van der Waals surface area contributed by atoms with Crippen LogP contribution in [0.15, 0.2) is 70.6 Å². The highest BCUT2D eigenvalue weighted by Crippen LogP contribution is 2.43. The molecule has 1 aliphatic rings. The van der Waals surface area contributed by atoms with Crippen molar-refractivity contribution in [3.8, 4) is 16.9 Å². The summed E-state index contributed by atoms with van der Waals surface area (Å²) in [7, 11) is -4.33. The number of nitrogens with zero attached hydrogens (tertiary/aromatic N) is 1. The van der Waals surface area contributed by atoms with Crippen LogP contribution in [0.2, 0.25) is 0 Å². The van der Waals surface area contributed by atoms with Crippen LogP contribution in [0.1, 0.15) is 24.5 Å². The highest BCUT2D eigenvalue weighted by Gasteiger charge is 2.36. The van der Waals surface area contributed by atoms with Crippen molar-refractivity contribution >= 4 is 33.1 Å². The average Bonchev–Trinajstić information content (AvgIpc) is 2.95. The first-order chi connectivity index (χ1) is 16.5. The largest absolute Gasteiger partial charge is 0.493 e. The highest BCUT2D eigenvalue weighted by molar-refractivity contribution is 7.85. The predicted octanol–water partition coefficient (Wildman–Crippen LogP) is 5.48. The molecule has 0 aromatic heterocycles. The molecular formula is C24H19F3N2O5S. The van der Waals surface area contributed by atoms with E-state index in [1.54, 1.807) is 31.2 Å². The van der Waals surface area contributed by atoms with E-state index < -0.39 is 27.8 Å². The smallest absolute Gasteiger partial charge is 0.420 e. The van der Waals surface area contributed by atoms with E-state index in [2.05, 4.69) is 10.3 Å². The van der Waals surface area contributed by atoms with E-state index in [9.17, 15) is 26.4 Å².